The highest BCUT2D eigenvalue weighted by Crippen LogP contribution is 2.26. The molecule has 4 nitrogen and oxygen atoms in total. The van der Waals surface area contributed by atoms with E-state index < -0.39 is 0 Å². The van der Waals surface area contributed by atoms with Gasteiger partial charge in [0.15, 0.2) is 0 Å². The number of rotatable bonds is 2. The molecule has 1 N–H and O–H groups in total. The van der Waals surface area contributed by atoms with Gasteiger partial charge in [0.05, 0.1) is 11.1 Å². The third kappa shape index (κ3) is 3.09. The molecule has 0 saturated carbocycles. The molecular formula is C17H12Cl2N2O2. The van der Waals surface area contributed by atoms with Crippen molar-refractivity contribution >= 4 is 51.6 Å². The van der Waals surface area contributed by atoms with Gasteiger partial charge in [-0.1, -0.05) is 29.3 Å². The second-order valence-corrected chi connectivity index (χ2v) is 5.93. The number of hydrogen-bond donors (Lipinski definition) is 1. The van der Waals surface area contributed by atoms with E-state index in [1.165, 1.54) is 17.7 Å². The molecule has 0 fully saturated rings. The van der Waals surface area contributed by atoms with Gasteiger partial charge in [-0.15, -0.1) is 0 Å². The number of aromatic nitrogens is 1. The first-order chi connectivity index (χ1) is 11.0. The number of anilines is 1. The first kappa shape index (κ1) is 15.6. The molecule has 0 atom stereocenters. The summed E-state index contributed by atoms with van der Waals surface area (Å²) in [6, 6.07) is 11.9. The third-order valence-electron chi connectivity index (χ3n) is 3.45. The molecule has 3 aromatic rings. The molecule has 0 aliphatic rings. The van der Waals surface area contributed by atoms with Gasteiger partial charge in [-0.3, -0.25) is 14.2 Å². The average molecular weight is 347 g/mol. The van der Waals surface area contributed by atoms with Gasteiger partial charge >= 0.3 is 0 Å². The lowest BCUT2D eigenvalue weighted by atomic mass is 10.1. The van der Waals surface area contributed by atoms with Crippen LogP contribution >= 0.6 is 23.2 Å². The molecule has 3 rings (SSSR count). The largest absolute Gasteiger partial charge is 0.322 e. The van der Waals surface area contributed by atoms with Gasteiger partial charge in [0.1, 0.15) is 0 Å². The van der Waals surface area contributed by atoms with Crippen molar-refractivity contribution in [1.29, 1.82) is 0 Å². The Morgan fingerprint density at radius 3 is 2.30 bits per heavy atom. The van der Waals surface area contributed by atoms with E-state index in [9.17, 15) is 9.59 Å². The number of nitrogens with zero attached hydrogens (tertiary/aromatic N) is 1. The molecule has 1 heterocycles. The monoisotopic (exact) mass is 346 g/mol. The van der Waals surface area contributed by atoms with E-state index in [1.807, 2.05) is 0 Å². The van der Waals surface area contributed by atoms with Crippen molar-refractivity contribution in [2.45, 2.75) is 6.92 Å². The Kier molecular flexibility index (Phi) is 4.11. The van der Waals surface area contributed by atoms with E-state index in [4.69, 9.17) is 23.2 Å². The Hall–Kier alpha value is -2.30. The van der Waals surface area contributed by atoms with Crippen molar-refractivity contribution in [2.75, 3.05) is 5.32 Å². The van der Waals surface area contributed by atoms with Crippen molar-refractivity contribution in [3.05, 3.63) is 64.3 Å². The van der Waals surface area contributed by atoms with Crippen LogP contribution in [-0.2, 0) is 0 Å². The van der Waals surface area contributed by atoms with E-state index in [0.29, 0.717) is 32.2 Å². The number of nitrogens with one attached hydrogen (secondary N) is 1. The molecule has 0 radical (unpaired) electrons. The molecule has 23 heavy (non-hydrogen) atoms. The SMILES string of the molecule is CC(=O)n1cc(C(=O)Nc2ccc(Cl)cc2)c2ccc(Cl)cc21. The number of benzene rings is 2. The molecule has 2 aromatic carbocycles. The number of amides is 1. The van der Waals surface area contributed by atoms with Gasteiger partial charge < -0.3 is 5.32 Å². The van der Waals surface area contributed by atoms with Crippen molar-refractivity contribution in [2.24, 2.45) is 0 Å². The van der Waals surface area contributed by atoms with Gasteiger partial charge in [-0.2, -0.15) is 0 Å². The number of hydrogen-bond acceptors (Lipinski definition) is 2. The summed E-state index contributed by atoms with van der Waals surface area (Å²) in [4.78, 5) is 24.3. The van der Waals surface area contributed by atoms with Gasteiger partial charge in [0, 0.05) is 34.2 Å². The Bertz CT molecular complexity index is 914. The Labute approximate surface area is 142 Å². The normalized spacial score (nSPS) is 10.7. The molecular weight excluding hydrogens is 335 g/mol. The number of carbonyl (C=O) groups excluding carboxylic acids is 2. The summed E-state index contributed by atoms with van der Waals surface area (Å²) in [5.41, 5.74) is 1.63. The highest BCUT2D eigenvalue weighted by molar-refractivity contribution is 6.31. The maximum atomic E-state index is 12.5. The third-order valence-corrected chi connectivity index (χ3v) is 3.94. The molecule has 1 amide bonds. The Balaban J connectivity index is 2.03. The number of halogens is 2. The molecule has 0 unspecified atom stereocenters. The Morgan fingerprint density at radius 1 is 1.00 bits per heavy atom. The minimum atomic E-state index is -0.306. The van der Waals surface area contributed by atoms with E-state index in [0.717, 1.165) is 0 Å². The van der Waals surface area contributed by atoms with Crippen LogP contribution in [0.1, 0.15) is 22.1 Å². The quantitative estimate of drug-likeness (QED) is 0.720. The smallest absolute Gasteiger partial charge is 0.257 e. The van der Waals surface area contributed by atoms with Crippen LogP contribution < -0.4 is 5.32 Å². The molecule has 116 valence electrons. The number of carbonyl (C=O) groups is 2. The fraction of sp³-hybridized carbons (Fsp3) is 0.0588. The molecule has 0 aliphatic carbocycles. The van der Waals surface area contributed by atoms with Gasteiger partial charge in [0.25, 0.3) is 5.91 Å². The summed E-state index contributed by atoms with van der Waals surface area (Å²) in [6.45, 7) is 1.43. The molecule has 0 saturated heterocycles. The summed E-state index contributed by atoms with van der Waals surface area (Å²) in [6.07, 6.45) is 1.52. The maximum absolute atomic E-state index is 12.5. The van der Waals surface area contributed by atoms with E-state index >= 15 is 0 Å². The van der Waals surface area contributed by atoms with Crippen LogP contribution in [0.4, 0.5) is 5.69 Å². The summed E-state index contributed by atoms with van der Waals surface area (Å²) in [5, 5.41) is 4.54. The summed E-state index contributed by atoms with van der Waals surface area (Å²) < 4.78 is 1.41. The fourth-order valence-electron chi connectivity index (χ4n) is 2.37. The van der Waals surface area contributed by atoms with Crippen LogP contribution in [0, 0.1) is 0 Å². The molecule has 0 bridgehead atoms. The molecule has 6 heteroatoms. The van der Waals surface area contributed by atoms with Crippen LogP contribution in [0.5, 0.6) is 0 Å². The van der Waals surface area contributed by atoms with E-state index in [2.05, 4.69) is 5.32 Å². The van der Waals surface area contributed by atoms with Crippen molar-refractivity contribution in [3.8, 4) is 0 Å². The van der Waals surface area contributed by atoms with Gasteiger partial charge in [-0.05, 0) is 36.4 Å². The highest BCUT2D eigenvalue weighted by Gasteiger charge is 2.17. The van der Waals surface area contributed by atoms with Crippen molar-refractivity contribution < 1.29 is 9.59 Å². The zero-order valence-electron chi connectivity index (χ0n) is 12.1. The van der Waals surface area contributed by atoms with Gasteiger partial charge in [-0.25, -0.2) is 0 Å². The summed E-state index contributed by atoms with van der Waals surface area (Å²) >= 11 is 11.8. The molecule has 0 aliphatic heterocycles. The minimum Gasteiger partial charge on any atom is -0.322 e. The van der Waals surface area contributed by atoms with Crippen LogP contribution in [0.2, 0.25) is 10.0 Å². The fourth-order valence-corrected chi connectivity index (χ4v) is 2.67. The van der Waals surface area contributed by atoms with Crippen LogP contribution in [0.3, 0.4) is 0 Å². The zero-order chi connectivity index (χ0) is 16.6. The Morgan fingerprint density at radius 2 is 1.65 bits per heavy atom. The zero-order valence-corrected chi connectivity index (χ0v) is 13.7. The summed E-state index contributed by atoms with van der Waals surface area (Å²) in [7, 11) is 0. The van der Waals surface area contributed by atoms with Crippen molar-refractivity contribution in [3.63, 3.8) is 0 Å². The topological polar surface area (TPSA) is 51.1 Å². The molecule has 1 aromatic heterocycles. The van der Waals surface area contributed by atoms with E-state index in [-0.39, 0.29) is 11.8 Å². The number of fused-ring (bicyclic) bond motifs is 1. The summed E-state index contributed by atoms with van der Waals surface area (Å²) in [5.74, 6) is -0.498. The van der Waals surface area contributed by atoms with Crippen molar-refractivity contribution in [1.82, 2.24) is 4.57 Å². The average Bonchev–Trinajstić information content (AvgIpc) is 2.88. The standard InChI is InChI=1S/C17H12Cl2N2O2/c1-10(22)21-9-15(14-7-4-12(19)8-16(14)21)17(23)20-13-5-2-11(18)3-6-13/h2-9H,1H3,(H,20,23). The van der Waals surface area contributed by atoms with Crippen LogP contribution in [0.25, 0.3) is 10.9 Å². The van der Waals surface area contributed by atoms with Crippen LogP contribution in [-0.4, -0.2) is 16.4 Å². The lowest BCUT2D eigenvalue weighted by molar-refractivity contribution is 0.0941. The molecule has 0 spiro atoms. The second kappa shape index (κ2) is 6.07. The van der Waals surface area contributed by atoms with Gasteiger partial charge in [0.2, 0.25) is 5.91 Å². The predicted octanol–water partition coefficient (Wildman–Crippen LogP) is 4.86. The maximum Gasteiger partial charge on any atom is 0.257 e. The minimum absolute atomic E-state index is 0.192. The lowest BCUT2D eigenvalue weighted by Crippen LogP contribution is -2.11. The van der Waals surface area contributed by atoms with E-state index in [1.54, 1.807) is 42.5 Å². The predicted molar refractivity (Wildman–Crippen MR) is 92.7 cm³/mol. The lowest BCUT2D eigenvalue weighted by Gasteiger charge is -2.04. The second-order valence-electron chi connectivity index (χ2n) is 5.05. The highest BCUT2D eigenvalue weighted by atomic mass is 35.5. The first-order valence-corrected chi connectivity index (χ1v) is 7.60. The van der Waals surface area contributed by atoms with Crippen LogP contribution in [0.15, 0.2) is 48.7 Å². The first-order valence-electron chi connectivity index (χ1n) is 6.84.